The Labute approximate surface area is 133 Å². The van der Waals surface area contributed by atoms with Gasteiger partial charge in [0.05, 0.1) is 0 Å². The van der Waals surface area contributed by atoms with E-state index in [9.17, 15) is 14.7 Å². The van der Waals surface area contributed by atoms with Crippen LogP contribution in [0.5, 0.6) is 0 Å². The molecule has 0 aromatic heterocycles. The van der Waals surface area contributed by atoms with Gasteiger partial charge in [-0.1, -0.05) is 60.7 Å². The maximum absolute atomic E-state index is 12.6. The third-order valence-corrected chi connectivity index (χ3v) is 3.40. The highest BCUT2D eigenvalue weighted by molar-refractivity contribution is 6.17. The molecule has 2 aromatic rings. The van der Waals surface area contributed by atoms with Crippen LogP contribution in [-0.4, -0.2) is 22.3 Å². The first-order chi connectivity index (χ1) is 11.0. The van der Waals surface area contributed by atoms with E-state index < -0.39 is 23.1 Å². The van der Waals surface area contributed by atoms with Crippen molar-refractivity contribution in [3.63, 3.8) is 0 Å². The Morgan fingerprint density at radius 2 is 1.17 bits per heavy atom. The molecule has 0 heterocycles. The third kappa shape index (κ3) is 3.16. The number of carbonyl (C=O) groups excluding carboxylic acids is 2. The number of nitriles is 2. The lowest BCUT2D eigenvalue weighted by molar-refractivity contribution is 0.0530. The molecule has 1 N–H and O–H groups in total. The molecular formula is C18H12N2O3. The van der Waals surface area contributed by atoms with E-state index in [-0.39, 0.29) is 11.1 Å². The van der Waals surface area contributed by atoms with Crippen LogP contribution in [0.2, 0.25) is 0 Å². The first-order valence-corrected chi connectivity index (χ1v) is 6.77. The highest BCUT2D eigenvalue weighted by Gasteiger charge is 2.47. The Bertz CT molecular complexity index is 736. The molecule has 2 aromatic carbocycles. The average Bonchev–Trinajstić information content (AvgIpc) is 2.62. The molecule has 0 amide bonds. The molecule has 5 heteroatoms. The lowest BCUT2D eigenvalue weighted by atomic mass is 9.78. The minimum Gasteiger partial charge on any atom is -0.363 e. The van der Waals surface area contributed by atoms with Gasteiger partial charge in [-0.05, 0) is 0 Å². The second-order valence-corrected chi connectivity index (χ2v) is 4.88. The molecule has 0 spiro atoms. The van der Waals surface area contributed by atoms with Gasteiger partial charge in [-0.15, -0.1) is 0 Å². The number of hydrogen-bond donors (Lipinski definition) is 1. The molecule has 0 saturated carbocycles. The summed E-state index contributed by atoms with van der Waals surface area (Å²) in [4.78, 5) is 25.3. The minimum atomic E-state index is -2.74. The van der Waals surface area contributed by atoms with Crippen molar-refractivity contribution in [2.24, 2.45) is 5.92 Å². The van der Waals surface area contributed by atoms with E-state index in [1.54, 1.807) is 36.4 Å². The largest absolute Gasteiger partial charge is 0.363 e. The van der Waals surface area contributed by atoms with E-state index in [1.165, 1.54) is 36.4 Å². The first kappa shape index (κ1) is 16.1. The van der Waals surface area contributed by atoms with E-state index in [1.807, 2.05) is 0 Å². The molecule has 2 rings (SSSR count). The van der Waals surface area contributed by atoms with Crippen LogP contribution >= 0.6 is 0 Å². The van der Waals surface area contributed by atoms with Crippen molar-refractivity contribution < 1.29 is 14.7 Å². The Hall–Kier alpha value is -3.28. The molecule has 0 fully saturated rings. The van der Waals surface area contributed by atoms with Crippen LogP contribution in [0.1, 0.15) is 20.7 Å². The van der Waals surface area contributed by atoms with Crippen LogP contribution in [0.4, 0.5) is 0 Å². The van der Waals surface area contributed by atoms with Crippen molar-refractivity contribution >= 4 is 11.6 Å². The second kappa shape index (κ2) is 6.65. The zero-order valence-corrected chi connectivity index (χ0v) is 12.0. The third-order valence-electron chi connectivity index (χ3n) is 3.40. The van der Waals surface area contributed by atoms with Gasteiger partial charge in [-0.25, -0.2) is 0 Å². The number of ketones is 2. The zero-order valence-electron chi connectivity index (χ0n) is 12.0. The van der Waals surface area contributed by atoms with Gasteiger partial charge in [-0.3, -0.25) is 9.59 Å². The van der Waals surface area contributed by atoms with Crippen LogP contribution < -0.4 is 0 Å². The van der Waals surface area contributed by atoms with Gasteiger partial charge >= 0.3 is 0 Å². The van der Waals surface area contributed by atoms with Crippen molar-refractivity contribution in [1.29, 1.82) is 10.5 Å². The molecule has 0 saturated heterocycles. The Kier molecular flexibility index (Phi) is 4.66. The number of aliphatic hydroxyl groups is 1. The summed E-state index contributed by atoms with van der Waals surface area (Å²) in [6.07, 6.45) is 0. The van der Waals surface area contributed by atoms with Gasteiger partial charge in [-0.2, -0.15) is 10.5 Å². The number of carbonyl (C=O) groups is 2. The lowest BCUT2D eigenvalue weighted by Crippen LogP contribution is -2.45. The predicted molar refractivity (Wildman–Crippen MR) is 81.2 cm³/mol. The van der Waals surface area contributed by atoms with E-state index in [0.29, 0.717) is 0 Å². The first-order valence-electron chi connectivity index (χ1n) is 6.77. The summed E-state index contributed by atoms with van der Waals surface area (Å²) in [5.74, 6) is -3.36. The lowest BCUT2D eigenvalue weighted by Gasteiger charge is -2.22. The summed E-state index contributed by atoms with van der Waals surface area (Å²) in [5.41, 5.74) is -2.45. The Morgan fingerprint density at radius 3 is 1.48 bits per heavy atom. The molecule has 23 heavy (non-hydrogen) atoms. The molecule has 0 atom stereocenters. The predicted octanol–water partition coefficient (Wildman–Crippen LogP) is 2.15. The van der Waals surface area contributed by atoms with Crippen LogP contribution in [-0.2, 0) is 0 Å². The number of benzene rings is 2. The van der Waals surface area contributed by atoms with Crippen molar-refractivity contribution in [3.8, 4) is 12.1 Å². The maximum atomic E-state index is 12.6. The van der Waals surface area contributed by atoms with E-state index in [2.05, 4.69) is 0 Å². The van der Waals surface area contributed by atoms with Crippen molar-refractivity contribution in [3.05, 3.63) is 71.8 Å². The van der Waals surface area contributed by atoms with Crippen molar-refractivity contribution in [2.75, 3.05) is 0 Å². The van der Waals surface area contributed by atoms with Crippen LogP contribution in [0.15, 0.2) is 60.7 Å². The fraction of sp³-hybridized carbons (Fsp3) is 0.111. The topological polar surface area (TPSA) is 102 Å². The van der Waals surface area contributed by atoms with Crippen LogP contribution in [0.25, 0.3) is 0 Å². The molecule has 0 bridgehead atoms. The Morgan fingerprint density at radius 1 is 0.826 bits per heavy atom. The van der Waals surface area contributed by atoms with Gasteiger partial charge in [0.15, 0.2) is 11.6 Å². The van der Waals surface area contributed by atoms with E-state index in [4.69, 9.17) is 10.5 Å². The fourth-order valence-corrected chi connectivity index (χ4v) is 2.19. The van der Waals surface area contributed by atoms with Crippen LogP contribution in [0.3, 0.4) is 0 Å². The molecule has 0 radical (unpaired) electrons. The monoisotopic (exact) mass is 304 g/mol. The van der Waals surface area contributed by atoms with Crippen LogP contribution in [0, 0.1) is 28.6 Å². The second-order valence-electron chi connectivity index (χ2n) is 4.88. The molecule has 0 aliphatic rings. The summed E-state index contributed by atoms with van der Waals surface area (Å²) in [6, 6.07) is 18.4. The standard InChI is InChI=1S/C18H12N2O3/c19-11-18(23,12-20)15(16(21)13-7-3-1-4-8-13)17(22)14-9-5-2-6-10-14/h1-10,15,23H. The summed E-state index contributed by atoms with van der Waals surface area (Å²) in [7, 11) is 0. The molecule has 0 aliphatic heterocycles. The maximum Gasteiger partial charge on any atom is 0.256 e. The number of nitrogens with zero attached hydrogens (tertiary/aromatic N) is 2. The highest BCUT2D eigenvalue weighted by atomic mass is 16.3. The normalized spacial score (nSPS) is 10.6. The number of rotatable bonds is 5. The van der Waals surface area contributed by atoms with Gasteiger partial charge in [0.25, 0.3) is 5.60 Å². The molecule has 5 nitrogen and oxygen atoms in total. The summed E-state index contributed by atoms with van der Waals surface area (Å²) in [5, 5.41) is 28.4. The number of Topliss-reactive ketones (excluding diaryl/α,β-unsaturated/α-hetero) is 2. The van der Waals surface area contributed by atoms with E-state index in [0.717, 1.165) is 0 Å². The average molecular weight is 304 g/mol. The van der Waals surface area contributed by atoms with Crippen molar-refractivity contribution in [1.82, 2.24) is 0 Å². The molecule has 0 aliphatic carbocycles. The number of hydrogen-bond acceptors (Lipinski definition) is 5. The van der Waals surface area contributed by atoms with Gasteiger partial charge in [0, 0.05) is 11.1 Å². The molecule has 0 unspecified atom stereocenters. The molecule has 112 valence electrons. The summed E-state index contributed by atoms with van der Waals surface area (Å²) < 4.78 is 0. The van der Waals surface area contributed by atoms with Gasteiger partial charge < -0.3 is 5.11 Å². The van der Waals surface area contributed by atoms with Crippen molar-refractivity contribution in [2.45, 2.75) is 5.60 Å². The van der Waals surface area contributed by atoms with Gasteiger partial charge in [0.2, 0.25) is 0 Å². The SMILES string of the molecule is N#CC(O)(C#N)C(C(=O)c1ccccc1)C(=O)c1ccccc1. The summed E-state index contributed by atoms with van der Waals surface area (Å²) in [6.45, 7) is 0. The summed E-state index contributed by atoms with van der Waals surface area (Å²) >= 11 is 0. The van der Waals surface area contributed by atoms with E-state index >= 15 is 0 Å². The highest BCUT2D eigenvalue weighted by Crippen LogP contribution is 2.25. The minimum absolute atomic E-state index is 0.144. The Balaban J connectivity index is 2.54. The zero-order chi connectivity index (χ0) is 16.9. The smallest absolute Gasteiger partial charge is 0.256 e. The quantitative estimate of drug-likeness (QED) is 0.518. The fourth-order valence-electron chi connectivity index (χ4n) is 2.19. The van der Waals surface area contributed by atoms with Gasteiger partial charge in [0.1, 0.15) is 18.1 Å². The molecular weight excluding hydrogens is 292 g/mol.